The number of nitrogens with zero attached hydrogens (tertiary/aromatic N) is 2. The van der Waals surface area contributed by atoms with Crippen molar-refractivity contribution in [3.05, 3.63) is 23.3 Å². The third-order valence-corrected chi connectivity index (χ3v) is 2.36. The Balaban J connectivity index is 3.39. The second-order valence-electron chi connectivity index (χ2n) is 3.46. The minimum Gasteiger partial charge on any atom is -0.496 e. The Labute approximate surface area is 112 Å². The molecule has 0 aromatic heterocycles. The third kappa shape index (κ3) is 3.40. The molecule has 5 heteroatoms. The van der Waals surface area contributed by atoms with Crippen LogP contribution in [0, 0.1) is 22.7 Å². The molecule has 98 valence electrons. The van der Waals surface area contributed by atoms with Crippen molar-refractivity contribution in [2.75, 3.05) is 20.8 Å². The standard InChI is InChI=1S/C14H14N2O3/c1-4-19-14-6-11(5-10(8-15)9-16)12(17-2)7-13(14)18-3/h5-7H,4H2,1-3H3. The first-order valence-corrected chi connectivity index (χ1v) is 5.60. The largest absolute Gasteiger partial charge is 0.496 e. The number of hydrogen-bond acceptors (Lipinski definition) is 5. The van der Waals surface area contributed by atoms with Crippen molar-refractivity contribution in [3.8, 4) is 29.4 Å². The summed E-state index contributed by atoms with van der Waals surface area (Å²) in [5, 5.41) is 17.6. The molecule has 0 amide bonds. The zero-order valence-corrected chi connectivity index (χ0v) is 11.1. The molecule has 1 aromatic rings. The summed E-state index contributed by atoms with van der Waals surface area (Å²) in [6.07, 6.45) is 1.45. The van der Waals surface area contributed by atoms with Crippen LogP contribution in [0.2, 0.25) is 0 Å². The van der Waals surface area contributed by atoms with E-state index in [0.29, 0.717) is 29.4 Å². The number of benzene rings is 1. The molecule has 19 heavy (non-hydrogen) atoms. The number of nitriles is 2. The maximum Gasteiger partial charge on any atom is 0.164 e. The summed E-state index contributed by atoms with van der Waals surface area (Å²) < 4.78 is 15.9. The fourth-order valence-electron chi connectivity index (χ4n) is 1.52. The average molecular weight is 258 g/mol. The van der Waals surface area contributed by atoms with Gasteiger partial charge in [0.05, 0.1) is 20.8 Å². The van der Waals surface area contributed by atoms with Gasteiger partial charge in [0.1, 0.15) is 23.5 Å². The second-order valence-corrected chi connectivity index (χ2v) is 3.46. The van der Waals surface area contributed by atoms with Gasteiger partial charge in [-0.05, 0) is 19.1 Å². The van der Waals surface area contributed by atoms with Crippen LogP contribution in [0.1, 0.15) is 12.5 Å². The summed E-state index contributed by atoms with van der Waals surface area (Å²) in [6, 6.07) is 6.94. The van der Waals surface area contributed by atoms with Gasteiger partial charge in [0.25, 0.3) is 0 Å². The van der Waals surface area contributed by atoms with Gasteiger partial charge >= 0.3 is 0 Å². The Kier molecular flexibility index (Phi) is 5.25. The van der Waals surface area contributed by atoms with E-state index in [2.05, 4.69) is 0 Å². The normalized spacial score (nSPS) is 8.89. The lowest BCUT2D eigenvalue weighted by Crippen LogP contribution is -1.98. The van der Waals surface area contributed by atoms with E-state index in [1.165, 1.54) is 20.3 Å². The second kappa shape index (κ2) is 6.93. The minimum absolute atomic E-state index is 0.00841. The number of allylic oxidation sites excluding steroid dienone is 1. The first kappa shape index (κ1) is 14.4. The first-order valence-electron chi connectivity index (χ1n) is 5.60. The lowest BCUT2D eigenvalue weighted by Gasteiger charge is -2.13. The molecule has 0 unspecified atom stereocenters. The van der Waals surface area contributed by atoms with Crippen LogP contribution in [-0.2, 0) is 0 Å². The topological polar surface area (TPSA) is 75.3 Å². The molecule has 0 aliphatic rings. The smallest absolute Gasteiger partial charge is 0.164 e. The Hall–Kier alpha value is -2.66. The number of rotatable bonds is 5. The number of hydrogen-bond donors (Lipinski definition) is 0. The summed E-state index contributed by atoms with van der Waals surface area (Å²) in [5.74, 6) is 1.57. The number of methoxy groups -OCH3 is 2. The van der Waals surface area contributed by atoms with Crippen molar-refractivity contribution in [3.63, 3.8) is 0 Å². The van der Waals surface area contributed by atoms with Gasteiger partial charge in [-0.25, -0.2) is 0 Å². The van der Waals surface area contributed by atoms with E-state index in [0.717, 1.165) is 0 Å². The van der Waals surface area contributed by atoms with Crippen molar-refractivity contribution in [1.29, 1.82) is 10.5 Å². The molecule has 0 aliphatic heterocycles. The Morgan fingerprint density at radius 3 is 2.21 bits per heavy atom. The van der Waals surface area contributed by atoms with Crippen LogP contribution in [0.25, 0.3) is 6.08 Å². The molecule has 1 aromatic carbocycles. The Bertz CT molecular complexity index is 549. The van der Waals surface area contributed by atoms with Gasteiger partial charge in [-0.3, -0.25) is 0 Å². The molecule has 0 atom stereocenters. The van der Waals surface area contributed by atoms with Crippen molar-refractivity contribution in [2.45, 2.75) is 6.92 Å². The molecule has 0 aliphatic carbocycles. The molecule has 1 rings (SSSR count). The molecule has 0 heterocycles. The van der Waals surface area contributed by atoms with E-state index in [1.54, 1.807) is 24.3 Å². The highest BCUT2D eigenvalue weighted by Gasteiger charge is 2.11. The molecule has 0 N–H and O–H groups in total. The van der Waals surface area contributed by atoms with E-state index in [4.69, 9.17) is 24.7 Å². The maximum atomic E-state index is 8.79. The van der Waals surface area contributed by atoms with E-state index >= 15 is 0 Å². The van der Waals surface area contributed by atoms with Crippen LogP contribution < -0.4 is 14.2 Å². The highest BCUT2D eigenvalue weighted by atomic mass is 16.5. The van der Waals surface area contributed by atoms with Gasteiger partial charge in [0.2, 0.25) is 0 Å². The van der Waals surface area contributed by atoms with Crippen LogP contribution >= 0.6 is 0 Å². The lowest BCUT2D eigenvalue weighted by molar-refractivity contribution is 0.308. The van der Waals surface area contributed by atoms with Crippen LogP contribution in [-0.4, -0.2) is 20.8 Å². The van der Waals surface area contributed by atoms with Crippen LogP contribution in [0.5, 0.6) is 17.2 Å². The molecule has 0 bridgehead atoms. The van der Waals surface area contributed by atoms with E-state index in [9.17, 15) is 0 Å². The summed E-state index contributed by atoms with van der Waals surface area (Å²) in [4.78, 5) is 0. The van der Waals surface area contributed by atoms with Gasteiger partial charge < -0.3 is 14.2 Å². The molecule has 0 spiro atoms. The van der Waals surface area contributed by atoms with Gasteiger partial charge in [0, 0.05) is 11.6 Å². The van der Waals surface area contributed by atoms with E-state index < -0.39 is 0 Å². The maximum absolute atomic E-state index is 8.79. The summed E-state index contributed by atoms with van der Waals surface area (Å²) >= 11 is 0. The molecule has 0 fully saturated rings. The van der Waals surface area contributed by atoms with Crippen molar-refractivity contribution in [2.24, 2.45) is 0 Å². The van der Waals surface area contributed by atoms with Crippen molar-refractivity contribution >= 4 is 6.08 Å². The fraction of sp³-hybridized carbons (Fsp3) is 0.286. The summed E-state index contributed by atoms with van der Waals surface area (Å²) in [5.41, 5.74) is 0.579. The molecule has 0 radical (unpaired) electrons. The van der Waals surface area contributed by atoms with Gasteiger partial charge in [-0.1, -0.05) is 0 Å². The molecule has 0 saturated heterocycles. The van der Waals surface area contributed by atoms with Gasteiger partial charge in [-0.2, -0.15) is 10.5 Å². The molecular formula is C14H14N2O3. The molecule has 5 nitrogen and oxygen atoms in total. The lowest BCUT2D eigenvalue weighted by atomic mass is 10.1. The van der Waals surface area contributed by atoms with E-state index in [1.807, 2.05) is 6.92 Å². The zero-order chi connectivity index (χ0) is 14.3. The zero-order valence-electron chi connectivity index (χ0n) is 11.1. The van der Waals surface area contributed by atoms with Gasteiger partial charge in [0.15, 0.2) is 11.5 Å². The minimum atomic E-state index is -0.00841. The Morgan fingerprint density at radius 1 is 1.11 bits per heavy atom. The van der Waals surface area contributed by atoms with Crippen LogP contribution in [0.15, 0.2) is 17.7 Å². The van der Waals surface area contributed by atoms with Crippen molar-refractivity contribution < 1.29 is 14.2 Å². The van der Waals surface area contributed by atoms with Crippen molar-refractivity contribution in [1.82, 2.24) is 0 Å². The Morgan fingerprint density at radius 2 is 1.74 bits per heavy atom. The highest BCUT2D eigenvalue weighted by Crippen LogP contribution is 2.35. The van der Waals surface area contributed by atoms with E-state index in [-0.39, 0.29) is 5.57 Å². The molecular weight excluding hydrogens is 244 g/mol. The predicted octanol–water partition coefficient (Wildman–Crippen LogP) is 2.53. The predicted molar refractivity (Wildman–Crippen MR) is 69.9 cm³/mol. The molecule has 0 saturated carbocycles. The SMILES string of the molecule is CCOc1cc(C=C(C#N)C#N)c(OC)cc1OC. The van der Waals surface area contributed by atoms with Crippen LogP contribution in [0.3, 0.4) is 0 Å². The highest BCUT2D eigenvalue weighted by molar-refractivity contribution is 5.69. The first-order chi connectivity index (χ1) is 9.19. The quantitative estimate of drug-likeness (QED) is 0.758. The monoisotopic (exact) mass is 258 g/mol. The summed E-state index contributed by atoms with van der Waals surface area (Å²) in [7, 11) is 3.04. The fourth-order valence-corrected chi connectivity index (χ4v) is 1.52. The van der Waals surface area contributed by atoms with Gasteiger partial charge in [-0.15, -0.1) is 0 Å². The third-order valence-electron chi connectivity index (χ3n) is 2.36. The number of ether oxygens (including phenoxy) is 3. The summed E-state index contributed by atoms with van der Waals surface area (Å²) in [6.45, 7) is 2.34. The average Bonchev–Trinajstić information content (AvgIpc) is 2.45. The van der Waals surface area contributed by atoms with Crippen LogP contribution in [0.4, 0.5) is 0 Å².